The van der Waals surface area contributed by atoms with Gasteiger partial charge in [-0.2, -0.15) is 4.57 Å². The predicted molar refractivity (Wildman–Crippen MR) is 228 cm³/mol. The van der Waals surface area contributed by atoms with Crippen molar-refractivity contribution in [3.63, 3.8) is 0 Å². The quantitative estimate of drug-likeness (QED) is 0.0830. The van der Waals surface area contributed by atoms with Crippen LogP contribution in [0.25, 0.3) is 22.4 Å². The Bertz CT molecular complexity index is 2080. The number of aromatic nitrogens is 1. The zero-order chi connectivity index (χ0) is 36.3. The van der Waals surface area contributed by atoms with Crippen molar-refractivity contribution < 1.29 is 4.57 Å². The highest BCUT2D eigenvalue weighted by Crippen LogP contribution is 2.39. The summed E-state index contributed by atoms with van der Waals surface area (Å²) in [4.78, 5) is 4.72. The van der Waals surface area contributed by atoms with E-state index < -0.39 is 0 Å². The smallest absolute Gasteiger partial charge is 0.215 e. The fourth-order valence-corrected chi connectivity index (χ4v) is 9.53. The molecule has 0 unspecified atom stereocenters. The second-order valence-electron chi connectivity index (χ2n) is 15.2. The van der Waals surface area contributed by atoms with E-state index in [4.69, 9.17) is 0 Å². The van der Waals surface area contributed by atoms with Crippen molar-refractivity contribution in [2.24, 2.45) is 0 Å². The average Bonchev–Trinajstić information content (AvgIpc) is 3.42. The molecule has 0 spiro atoms. The van der Waals surface area contributed by atoms with E-state index in [-0.39, 0.29) is 10.8 Å². The van der Waals surface area contributed by atoms with Crippen LogP contribution in [0.3, 0.4) is 0 Å². The van der Waals surface area contributed by atoms with Crippen LogP contribution in [0, 0.1) is 0 Å². The fraction of sp³-hybridized carbons (Fsp3) is 0.283. The van der Waals surface area contributed by atoms with Crippen LogP contribution in [0.2, 0.25) is 0 Å². The fourth-order valence-electron chi connectivity index (χ4n) is 7.44. The van der Waals surface area contributed by atoms with E-state index in [1.165, 1.54) is 61.8 Å². The SMILES string of the molecule is CN(CCSSCCN(C)c1ccc(-c2cc[n+]3c(c2)C(C)(C)c2ccccc2-3)cc1)c1ccc(C2=C/CC(C)(C)c3ccccc3N/C=C\2)cc1. The van der Waals surface area contributed by atoms with E-state index in [9.17, 15) is 0 Å². The highest BCUT2D eigenvalue weighted by atomic mass is 33.1. The zero-order valence-electron chi connectivity index (χ0n) is 31.4. The molecule has 0 fully saturated rings. The Morgan fingerprint density at radius 1 is 0.673 bits per heavy atom. The van der Waals surface area contributed by atoms with Gasteiger partial charge in [0.05, 0.1) is 5.41 Å². The van der Waals surface area contributed by atoms with Crippen LogP contribution in [0.4, 0.5) is 17.1 Å². The second-order valence-corrected chi connectivity index (χ2v) is 17.9. The van der Waals surface area contributed by atoms with E-state index in [0.29, 0.717) is 0 Å². The Hall–Kier alpha value is -4.39. The summed E-state index contributed by atoms with van der Waals surface area (Å²) >= 11 is 0. The van der Waals surface area contributed by atoms with Crippen molar-refractivity contribution in [1.82, 2.24) is 0 Å². The molecule has 0 radical (unpaired) electrons. The molecule has 0 atom stereocenters. The van der Waals surface area contributed by atoms with E-state index >= 15 is 0 Å². The molecule has 4 nitrogen and oxygen atoms in total. The molecule has 52 heavy (non-hydrogen) atoms. The maximum Gasteiger partial charge on any atom is 0.215 e. The lowest BCUT2D eigenvalue weighted by Crippen LogP contribution is -2.34. The summed E-state index contributed by atoms with van der Waals surface area (Å²) in [6.07, 6.45) is 9.87. The molecule has 2 aliphatic heterocycles. The molecule has 3 heterocycles. The van der Waals surface area contributed by atoms with Crippen molar-refractivity contribution in [1.29, 1.82) is 0 Å². The number of pyridine rings is 1. The first kappa shape index (κ1) is 36.0. The predicted octanol–water partition coefficient (Wildman–Crippen LogP) is 10.9. The van der Waals surface area contributed by atoms with Gasteiger partial charge in [-0.1, -0.05) is 102 Å². The van der Waals surface area contributed by atoms with Crippen molar-refractivity contribution in [2.75, 3.05) is 53.8 Å². The van der Waals surface area contributed by atoms with Crippen LogP contribution in [-0.4, -0.2) is 38.7 Å². The standard InChI is InChI=1S/C46H51N4S2/c1-45(2)26-23-36(24-27-47-42-13-9-7-11-40(42)45)34-15-19-38(20-16-34)48(5)29-31-51-52-32-30-49(6)39-21-17-35(18-22-39)37-25-28-50-43-14-10-8-12-41(43)46(3,4)44(50)33-37/h7-25,27-28,33,47H,26,29-32H2,1-6H3/q+1/b27-24-,36-23+. The summed E-state index contributed by atoms with van der Waals surface area (Å²) in [6, 6.07) is 40.1. The molecule has 0 aliphatic carbocycles. The molecular weight excluding hydrogens is 673 g/mol. The Morgan fingerprint density at radius 2 is 1.27 bits per heavy atom. The van der Waals surface area contributed by atoms with E-state index in [0.717, 1.165) is 31.0 Å². The molecule has 2 aliphatic rings. The van der Waals surface area contributed by atoms with Crippen molar-refractivity contribution in [2.45, 2.75) is 44.9 Å². The molecule has 5 aromatic rings. The molecule has 266 valence electrons. The summed E-state index contributed by atoms with van der Waals surface area (Å²) in [5.41, 5.74) is 14.1. The van der Waals surface area contributed by atoms with E-state index in [2.05, 4.69) is 195 Å². The number of rotatable bonds is 11. The van der Waals surface area contributed by atoms with Gasteiger partial charge in [-0.25, -0.2) is 0 Å². The van der Waals surface area contributed by atoms with Gasteiger partial charge in [0.1, 0.15) is 0 Å². The normalized spacial score (nSPS) is 16.8. The molecule has 6 heteroatoms. The topological polar surface area (TPSA) is 22.4 Å². The Morgan fingerprint density at radius 3 is 1.94 bits per heavy atom. The van der Waals surface area contributed by atoms with Gasteiger partial charge in [-0.15, -0.1) is 0 Å². The van der Waals surface area contributed by atoms with Gasteiger partial charge in [-0.05, 0) is 89.9 Å². The lowest BCUT2D eigenvalue weighted by Gasteiger charge is -2.26. The maximum atomic E-state index is 3.52. The summed E-state index contributed by atoms with van der Waals surface area (Å²) in [6.45, 7) is 11.3. The minimum atomic E-state index is -0.0159. The number of hydrogen-bond donors (Lipinski definition) is 1. The number of fused-ring (bicyclic) bond motifs is 4. The van der Waals surface area contributed by atoms with Crippen LogP contribution in [-0.2, 0) is 10.8 Å². The highest BCUT2D eigenvalue weighted by molar-refractivity contribution is 8.76. The van der Waals surface area contributed by atoms with Crippen molar-refractivity contribution >= 4 is 44.2 Å². The molecule has 0 bridgehead atoms. The minimum Gasteiger partial charge on any atom is -0.374 e. The van der Waals surface area contributed by atoms with Crippen molar-refractivity contribution in [3.8, 4) is 16.8 Å². The highest BCUT2D eigenvalue weighted by Gasteiger charge is 2.43. The number of benzene rings is 4. The van der Waals surface area contributed by atoms with Crippen LogP contribution in [0.15, 0.2) is 134 Å². The number of anilines is 3. The number of nitrogens with zero attached hydrogens (tertiary/aromatic N) is 3. The number of nitrogens with one attached hydrogen (secondary N) is 1. The summed E-state index contributed by atoms with van der Waals surface area (Å²) < 4.78 is 2.35. The van der Waals surface area contributed by atoms with Gasteiger partial charge < -0.3 is 15.1 Å². The van der Waals surface area contributed by atoms with E-state index in [1.54, 1.807) is 0 Å². The molecular formula is C46H51N4S2+. The average molecular weight is 724 g/mol. The molecule has 7 rings (SSSR count). The molecule has 1 aromatic heterocycles. The zero-order valence-corrected chi connectivity index (χ0v) is 33.0. The lowest BCUT2D eigenvalue weighted by atomic mass is 9.80. The van der Waals surface area contributed by atoms with Crippen LogP contribution in [0.1, 0.15) is 56.5 Å². The number of para-hydroxylation sites is 2. The first-order chi connectivity index (χ1) is 25.1. The van der Waals surface area contributed by atoms with Gasteiger partial charge in [-0.3, -0.25) is 0 Å². The molecule has 1 N–H and O–H groups in total. The molecule has 0 amide bonds. The number of hydrogen-bond acceptors (Lipinski definition) is 5. The number of allylic oxidation sites excluding steroid dienone is 3. The summed E-state index contributed by atoms with van der Waals surface area (Å²) in [5, 5.41) is 3.52. The van der Waals surface area contributed by atoms with Gasteiger partial charge in [0, 0.05) is 85.7 Å². The summed E-state index contributed by atoms with van der Waals surface area (Å²) in [7, 11) is 8.33. The van der Waals surface area contributed by atoms with Crippen molar-refractivity contribution in [3.05, 3.63) is 156 Å². The third kappa shape index (κ3) is 7.55. The van der Waals surface area contributed by atoms with E-state index in [1.807, 2.05) is 21.6 Å². The third-order valence-electron chi connectivity index (χ3n) is 10.8. The van der Waals surface area contributed by atoms with Crippen LogP contribution >= 0.6 is 21.6 Å². The van der Waals surface area contributed by atoms with Gasteiger partial charge >= 0.3 is 0 Å². The Kier molecular flexibility index (Phi) is 10.6. The lowest BCUT2D eigenvalue weighted by molar-refractivity contribution is -0.599. The van der Waals surface area contributed by atoms with Crippen LogP contribution < -0.4 is 19.7 Å². The summed E-state index contributed by atoms with van der Waals surface area (Å²) in [5.74, 6) is 2.16. The first-order valence-electron chi connectivity index (χ1n) is 18.4. The van der Waals surface area contributed by atoms with Gasteiger partial charge in [0.25, 0.3) is 0 Å². The maximum absolute atomic E-state index is 3.52. The van der Waals surface area contributed by atoms with Crippen LogP contribution in [0.5, 0.6) is 0 Å². The Balaban J connectivity index is 0.858. The molecule has 0 saturated carbocycles. The largest absolute Gasteiger partial charge is 0.374 e. The van der Waals surface area contributed by atoms with Gasteiger partial charge in [0.2, 0.25) is 5.69 Å². The second kappa shape index (κ2) is 15.3. The molecule has 0 saturated heterocycles. The van der Waals surface area contributed by atoms with Gasteiger partial charge in [0.15, 0.2) is 11.9 Å². The molecule has 4 aromatic carbocycles. The Labute approximate surface area is 319 Å². The first-order valence-corrected chi connectivity index (χ1v) is 20.9. The minimum absolute atomic E-state index is 0.0159. The monoisotopic (exact) mass is 723 g/mol. The third-order valence-corrected chi connectivity index (χ3v) is 13.2.